The molecule has 3 aliphatic rings. The van der Waals surface area contributed by atoms with Gasteiger partial charge in [0.15, 0.2) is 0 Å². The zero-order valence-corrected chi connectivity index (χ0v) is 21.6. The number of pyridine rings is 1. The van der Waals surface area contributed by atoms with Crippen LogP contribution < -0.4 is 15.0 Å². The summed E-state index contributed by atoms with van der Waals surface area (Å²) in [6.45, 7) is 4.94. The van der Waals surface area contributed by atoms with E-state index >= 15 is 0 Å². The third-order valence-corrected chi connectivity index (χ3v) is 6.74. The summed E-state index contributed by atoms with van der Waals surface area (Å²) in [7, 11) is 1.85. The molecule has 12 nitrogen and oxygen atoms in total. The number of hydrogen-bond donors (Lipinski definition) is 3. The van der Waals surface area contributed by atoms with Crippen LogP contribution >= 0.6 is 0 Å². The van der Waals surface area contributed by atoms with Crippen LogP contribution in [-0.4, -0.2) is 99.8 Å². The summed E-state index contributed by atoms with van der Waals surface area (Å²) in [6.07, 6.45) is -1.45. The molecular weight excluding hydrogens is 539 g/mol. The van der Waals surface area contributed by atoms with Crippen LogP contribution in [-0.2, 0) is 26.1 Å². The molecule has 0 bridgehead atoms. The number of aryl methyl sites for hydroxylation is 1. The number of carboxylic acid groups (broad SMARTS) is 2. The number of halogens is 3. The van der Waals surface area contributed by atoms with Crippen LogP contribution in [0.5, 0.6) is 5.88 Å². The van der Waals surface area contributed by atoms with Crippen LogP contribution in [0, 0.1) is 11.8 Å². The molecule has 0 aromatic carbocycles. The number of alkyl halides is 3. The number of anilines is 1. The maximum atomic E-state index is 11.3. The molecule has 2 aromatic rings. The lowest BCUT2D eigenvalue weighted by Gasteiger charge is -2.53. The normalized spacial score (nSPS) is 23.3. The molecule has 0 aliphatic carbocycles. The van der Waals surface area contributed by atoms with Gasteiger partial charge in [0.05, 0.1) is 25.9 Å². The Balaban J connectivity index is 0.000000470. The summed E-state index contributed by atoms with van der Waals surface area (Å²) in [5.74, 6) is 3.06. The molecule has 15 heteroatoms. The maximum absolute atomic E-state index is 11.3. The minimum absolute atomic E-state index is 0.0524. The van der Waals surface area contributed by atoms with Crippen molar-refractivity contribution < 1.29 is 47.2 Å². The molecule has 0 radical (unpaired) electrons. The van der Waals surface area contributed by atoms with Gasteiger partial charge in [-0.05, 0) is 25.0 Å². The number of nitrogens with zero attached hydrogens (tertiary/aromatic N) is 4. The first-order valence-electron chi connectivity index (χ1n) is 12.3. The predicted molar refractivity (Wildman–Crippen MR) is 132 cm³/mol. The lowest BCUT2D eigenvalue weighted by Crippen LogP contribution is -2.68. The topological polar surface area (TPSA) is 148 Å². The van der Waals surface area contributed by atoms with Crippen molar-refractivity contribution in [3.05, 3.63) is 35.8 Å². The number of hydrogen-bond acceptors (Lipinski definition) is 9. The Morgan fingerprint density at radius 1 is 1.27 bits per heavy atom. The molecule has 0 amide bonds. The molecule has 3 fully saturated rings. The van der Waals surface area contributed by atoms with Crippen molar-refractivity contribution in [1.82, 2.24) is 20.1 Å². The predicted octanol–water partition coefficient (Wildman–Crippen LogP) is 1.04. The summed E-state index contributed by atoms with van der Waals surface area (Å²) in [5.41, 5.74) is 1.91. The van der Waals surface area contributed by atoms with Crippen molar-refractivity contribution in [2.75, 3.05) is 37.8 Å². The SMILES string of the molecule is C[C@@H]1N(c2cc(C#Cc3ccn(C)n3)cnc2OC2CNC(C(=O)O)C2)CCOC12COC2.O=C(O)C(F)(F)F. The van der Waals surface area contributed by atoms with E-state index in [2.05, 4.69) is 39.1 Å². The van der Waals surface area contributed by atoms with Gasteiger partial charge in [0, 0.05) is 44.5 Å². The van der Waals surface area contributed by atoms with Gasteiger partial charge in [-0.25, -0.2) is 9.78 Å². The smallest absolute Gasteiger partial charge is 0.480 e. The number of nitrogens with one attached hydrogen (secondary N) is 1. The van der Waals surface area contributed by atoms with E-state index in [0.717, 1.165) is 11.3 Å². The Hall–Kier alpha value is -3.87. The van der Waals surface area contributed by atoms with Gasteiger partial charge in [-0.3, -0.25) is 9.48 Å². The molecule has 3 N–H and O–H groups in total. The number of carbonyl (C=O) groups is 2. The summed E-state index contributed by atoms with van der Waals surface area (Å²) in [4.78, 5) is 27.0. The number of morpholine rings is 1. The van der Waals surface area contributed by atoms with Crippen molar-refractivity contribution >= 4 is 17.6 Å². The molecule has 0 saturated carbocycles. The monoisotopic (exact) mass is 567 g/mol. The van der Waals surface area contributed by atoms with Crippen LogP contribution in [0.1, 0.15) is 24.6 Å². The standard InChI is InChI=1S/C23H27N5O5.C2HF3O2/c1-15-23(13-31-14-23)32-8-7-28(15)20-9-16(3-4-17-5-6-27(2)26-17)11-25-21(20)33-18-10-19(22(29)30)24-12-18;3-2(4,5)1(6)7/h5-6,9,11,15,18-19,24H,7-8,10,12-14H2,1-2H3,(H,29,30);(H,6,7)/t15-,18?,19?;/m0./s1. The van der Waals surface area contributed by atoms with E-state index in [1.54, 1.807) is 10.9 Å². The number of rotatable bonds is 4. The average molecular weight is 568 g/mol. The Kier molecular flexibility index (Phi) is 8.52. The molecule has 3 saturated heterocycles. The second-order valence-corrected chi connectivity index (χ2v) is 9.53. The Bertz CT molecular complexity index is 1300. The fourth-order valence-electron chi connectivity index (χ4n) is 4.46. The first-order chi connectivity index (χ1) is 18.9. The second kappa shape index (κ2) is 11.7. The highest BCUT2D eigenvalue weighted by Crippen LogP contribution is 2.38. The maximum Gasteiger partial charge on any atom is 0.490 e. The highest BCUT2D eigenvalue weighted by Gasteiger charge is 2.50. The zero-order valence-electron chi connectivity index (χ0n) is 21.6. The second-order valence-electron chi connectivity index (χ2n) is 9.53. The van der Waals surface area contributed by atoms with Gasteiger partial charge in [-0.1, -0.05) is 5.92 Å². The van der Waals surface area contributed by atoms with Crippen LogP contribution in [0.3, 0.4) is 0 Å². The number of ether oxygens (including phenoxy) is 3. The number of carboxylic acids is 2. The van der Waals surface area contributed by atoms with Crippen molar-refractivity contribution in [3.63, 3.8) is 0 Å². The first kappa shape index (κ1) is 29.1. The highest BCUT2D eigenvalue weighted by atomic mass is 19.4. The molecule has 3 atom stereocenters. The average Bonchev–Trinajstić information content (AvgIpc) is 3.51. The van der Waals surface area contributed by atoms with Gasteiger partial charge in [-0.2, -0.15) is 18.3 Å². The van der Waals surface area contributed by atoms with Crippen LogP contribution in [0.2, 0.25) is 0 Å². The van der Waals surface area contributed by atoms with Crippen LogP contribution in [0.15, 0.2) is 24.5 Å². The summed E-state index contributed by atoms with van der Waals surface area (Å²) >= 11 is 0. The van der Waals surface area contributed by atoms with Gasteiger partial charge in [0.2, 0.25) is 5.88 Å². The van der Waals surface area contributed by atoms with E-state index in [4.69, 9.17) is 24.1 Å². The Labute approximate surface area is 227 Å². The quantitative estimate of drug-likeness (QED) is 0.455. The third kappa shape index (κ3) is 6.64. The minimum Gasteiger partial charge on any atom is -0.480 e. The molecular formula is C25H28F3N5O7. The van der Waals surface area contributed by atoms with E-state index in [-0.39, 0.29) is 17.7 Å². The highest BCUT2D eigenvalue weighted by molar-refractivity contribution is 5.74. The van der Waals surface area contributed by atoms with E-state index in [0.29, 0.717) is 50.9 Å². The summed E-state index contributed by atoms with van der Waals surface area (Å²) in [5, 5.41) is 23.7. The first-order valence-corrected chi connectivity index (χ1v) is 12.3. The Morgan fingerprint density at radius 2 is 2.00 bits per heavy atom. The largest absolute Gasteiger partial charge is 0.490 e. The van der Waals surface area contributed by atoms with E-state index in [1.165, 1.54) is 0 Å². The van der Waals surface area contributed by atoms with Crippen molar-refractivity contribution in [2.45, 2.75) is 43.3 Å². The summed E-state index contributed by atoms with van der Waals surface area (Å²) in [6, 6.07) is 3.27. The third-order valence-electron chi connectivity index (χ3n) is 6.74. The number of aromatic nitrogens is 3. The zero-order chi connectivity index (χ0) is 29.1. The van der Waals surface area contributed by atoms with E-state index < -0.39 is 24.2 Å². The van der Waals surface area contributed by atoms with Gasteiger partial charge >= 0.3 is 18.1 Å². The van der Waals surface area contributed by atoms with Crippen molar-refractivity contribution in [3.8, 4) is 17.7 Å². The Morgan fingerprint density at radius 3 is 2.55 bits per heavy atom. The fraction of sp³-hybridized carbons (Fsp3) is 0.520. The van der Waals surface area contributed by atoms with Crippen molar-refractivity contribution in [1.29, 1.82) is 0 Å². The molecule has 2 aromatic heterocycles. The molecule has 40 heavy (non-hydrogen) atoms. The molecule has 5 rings (SSSR count). The molecule has 5 heterocycles. The molecule has 2 unspecified atom stereocenters. The number of aliphatic carboxylic acids is 2. The lowest BCUT2D eigenvalue weighted by molar-refractivity contribution is -0.228. The molecule has 216 valence electrons. The van der Waals surface area contributed by atoms with E-state index in [1.807, 2.05) is 25.4 Å². The van der Waals surface area contributed by atoms with Crippen LogP contribution in [0.4, 0.5) is 18.9 Å². The van der Waals surface area contributed by atoms with Gasteiger partial charge in [0.1, 0.15) is 29.1 Å². The minimum atomic E-state index is -5.08. The van der Waals surface area contributed by atoms with Gasteiger partial charge in [-0.15, -0.1) is 0 Å². The molecule has 3 aliphatic heterocycles. The lowest BCUT2D eigenvalue weighted by atomic mass is 9.90. The summed E-state index contributed by atoms with van der Waals surface area (Å²) < 4.78 is 51.2. The fourth-order valence-corrected chi connectivity index (χ4v) is 4.46. The van der Waals surface area contributed by atoms with E-state index in [9.17, 15) is 23.1 Å². The van der Waals surface area contributed by atoms with Crippen LogP contribution in [0.25, 0.3) is 0 Å². The van der Waals surface area contributed by atoms with Crippen molar-refractivity contribution in [2.24, 2.45) is 7.05 Å². The van der Waals surface area contributed by atoms with Gasteiger partial charge in [0.25, 0.3) is 0 Å². The molecule has 1 spiro atoms. The van der Waals surface area contributed by atoms with Gasteiger partial charge < -0.3 is 34.6 Å².